The first-order chi connectivity index (χ1) is 7.95. The van der Waals surface area contributed by atoms with Crippen LogP contribution in [0, 0.1) is 0 Å². The second kappa shape index (κ2) is 5.89. The third-order valence-corrected chi connectivity index (χ3v) is 2.31. The molecule has 0 spiro atoms. The molecule has 1 aromatic rings. The number of carboxylic acid groups (broad SMARTS) is 1. The molecule has 0 bridgehead atoms. The molecule has 0 aromatic carbocycles. The van der Waals surface area contributed by atoms with Crippen molar-refractivity contribution in [3.8, 4) is 0 Å². The van der Waals surface area contributed by atoms with E-state index in [1.165, 1.54) is 6.07 Å². The first-order valence-corrected chi connectivity index (χ1v) is 5.66. The average molecular weight is 276 g/mol. The monoisotopic (exact) mass is 275 g/mol. The Balaban J connectivity index is 3.17. The highest BCUT2D eigenvalue weighted by molar-refractivity contribution is 6.65. The van der Waals surface area contributed by atoms with Gasteiger partial charge in [0, 0.05) is 12.5 Å². The van der Waals surface area contributed by atoms with Crippen LogP contribution in [0.4, 0.5) is 5.69 Å². The first kappa shape index (κ1) is 13.8. The van der Waals surface area contributed by atoms with Gasteiger partial charge in [0.15, 0.2) is 5.76 Å². The highest BCUT2D eigenvalue weighted by Crippen LogP contribution is 2.32. The van der Waals surface area contributed by atoms with Gasteiger partial charge < -0.3 is 9.52 Å². The Hall–Kier alpha value is -1.26. The third-order valence-electron chi connectivity index (χ3n) is 1.87. The van der Waals surface area contributed by atoms with E-state index in [0.29, 0.717) is 11.6 Å². The summed E-state index contributed by atoms with van der Waals surface area (Å²) >= 11 is 11.6. The molecule has 92 valence electrons. The van der Waals surface area contributed by atoms with Crippen LogP contribution in [0.25, 0.3) is 5.03 Å². The molecule has 0 aliphatic heterocycles. The van der Waals surface area contributed by atoms with Crippen LogP contribution >= 0.6 is 23.2 Å². The Bertz CT molecular complexity index is 477. The number of hydrogen-bond acceptors (Lipinski definition) is 3. The molecule has 0 aliphatic carbocycles. The summed E-state index contributed by atoms with van der Waals surface area (Å²) in [6, 6.07) is 1.27. The van der Waals surface area contributed by atoms with Crippen LogP contribution in [-0.2, 0) is 0 Å². The van der Waals surface area contributed by atoms with Crippen molar-refractivity contribution in [2.45, 2.75) is 19.8 Å². The van der Waals surface area contributed by atoms with Crippen molar-refractivity contribution in [3.63, 3.8) is 0 Å². The predicted octanol–water partition coefficient (Wildman–Crippen LogP) is 4.26. The van der Waals surface area contributed by atoms with E-state index >= 15 is 0 Å². The van der Waals surface area contributed by atoms with E-state index in [9.17, 15) is 4.79 Å². The quantitative estimate of drug-likeness (QED) is 0.817. The summed E-state index contributed by atoms with van der Waals surface area (Å²) in [6.45, 7) is 5.43. The maximum atomic E-state index is 10.8. The zero-order chi connectivity index (χ0) is 13.0. The van der Waals surface area contributed by atoms with E-state index in [-0.39, 0.29) is 22.2 Å². The predicted molar refractivity (Wildman–Crippen MR) is 68.4 cm³/mol. The van der Waals surface area contributed by atoms with Gasteiger partial charge in [0.25, 0.3) is 0 Å². The number of carboxylic acids is 1. The molecule has 0 unspecified atom stereocenters. The van der Waals surface area contributed by atoms with Crippen molar-refractivity contribution in [3.05, 3.63) is 24.2 Å². The molecule has 17 heavy (non-hydrogen) atoms. The molecule has 1 aromatic heterocycles. The summed E-state index contributed by atoms with van der Waals surface area (Å²) in [5.41, 5.74) is 0.279. The molecule has 0 radical (unpaired) electrons. The summed E-state index contributed by atoms with van der Waals surface area (Å²) in [5.74, 6) is -1.32. The van der Waals surface area contributed by atoms with Gasteiger partial charge in [-0.2, -0.15) is 0 Å². The fourth-order valence-corrected chi connectivity index (χ4v) is 1.57. The summed E-state index contributed by atoms with van der Waals surface area (Å²) < 4.78 is 5.02. The summed E-state index contributed by atoms with van der Waals surface area (Å²) in [5, 5.41) is 9.24. The molecule has 0 saturated heterocycles. The van der Waals surface area contributed by atoms with Crippen LogP contribution < -0.4 is 0 Å². The van der Waals surface area contributed by atoms with Gasteiger partial charge in [-0.1, -0.05) is 36.7 Å². The topological polar surface area (TPSA) is 62.8 Å². The minimum atomic E-state index is -1.20. The minimum Gasteiger partial charge on any atom is -0.475 e. The standard InChI is InChI=1S/C11H11Cl2NO3/c1-3-4-9(13)14-7-5-8(11(15)16)17-10(7)6(2)12/h5H,2-4H2,1H3,(H,15,16)/b14-9+. The van der Waals surface area contributed by atoms with E-state index < -0.39 is 5.97 Å². The summed E-state index contributed by atoms with van der Waals surface area (Å²) in [4.78, 5) is 14.8. The molecule has 0 fully saturated rings. The highest BCUT2D eigenvalue weighted by atomic mass is 35.5. The molecular formula is C11H11Cl2NO3. The third kappa shape index (κ3) is 3.61. The van der Waals surface area contributed by atoms with Gasteiger partial charge in [-0.15, -0.1) is 0 Å². The molecular weight excluding hydrogens is 265 g/mol. The lowest BCUT2D eigenvalue weighted by Crippen LogP contribution is -1.91. The number of hydrogen-bond donors (Lipinski definition) is 1. The zero-order valence-electron chi connectivity index (χ0n) is 9.17. The summed E-state index contributed by atoms with van der Waals surface area (Å²) in [6.07, 6.45) is 1.44. The van der Waals surface area contributed by atoms with Crippen LogP contribution in [0.5, 0.6) is 0 Å². The van der Waals surface area contributed by atoms with Gasteiger partial charge in [-0.25, -0.2) is 9.79 Å². The van der Waals surface area contributed by atoms with Gasteiger partial charge in [0.2, 0.25) is 5.76 Å². The molecule has 1 rings (SSSR count). The van der Waals surface area contributed by atoms with Crippen molar-refractivity contribution in [2.75, 3.05) is 0 Å². The van der Waals surface area contributed by atoms with Crippen LogP contribution in [0.15, 0.2) is 22.1 Å². The minimum absolute atomic E-state index is 0.0808. The molecule has 1 N–H and O–H groups in total. The number of halogens is 2. The van der Waals surface area contributed by atoms with Gasteiger partial charge in [0.1, 0.15) is 10.9 Å². The van der Waals surface area contributed by atoms with Crippen LogP contribution in [0.2, 0.25) is 0 Å². The molecule has 6 heteroatoms. The van der Waals surface area contributed by atoms with Gasteiger partial charge >= 0.3 is 5.97 Å². The van der Waals surface area contributed by atoms with Crippen LogP contribution in [0.3, 0.4) is 0 Å². The van der Waals surface area contributed by atoms with Crippen molar-refractivity contribution in [1.29, 1.82) is 0 Å². The first-order valence-electron chi connectivity index (χ1n) is 4.90. The lowest BCUT2D eigenvalue weighted by molar-refractivity contribution is 0.0662. The second-order valence-corrected chi connectivity index (χ2v) is 4.17. The summed E-state index contributed by atoms with van der Waals surface area (Å²) in [7, 11) is 0. The van der Waals surface area contributed by atoms with E-state index in [0.717, 1.165) is 6.42 Å². The Morgan fingerprint density at radius 2 is 2.24 bits per heavy atom. The van der Waals surface area contributed by atoms with Crippen molar-refractivity contribution in [2.24, 2.45) is 4.99 Å². The largest absolute Gasteiger partial charge is 0.475 e. The normalized spacial score (nSPS) is 11.6. The van der Waals surface area contributed by atoms with Gasteiger partial charge in [0.05, 0.1) is 5.03 Å². The lowest BCUT2D eigenvalue weighted by Gasteiger charge is -1.96. The Morgan fingerprint density at radius 1 is 1.59 bits per heavy atom. The maximum absolute atomic E-state index is 10.8. The van der Waals surface area contributed by atoms with Gasteiger partial charge in [-0.3, -0.25) is 0 Å². The zero-order valence-corrected chi connectivity index (χ0v) is 10.7. The number of aliphatic imine (C=N–C) groups is 1. The van der Waals surface area contributed by atoms with Crippen molar-refractivity contribution in [1.82, 2.24) is 0 Å². The number of rotatable bonds is 5. The fraction of sp³-hybridized carbons (Fsp3) is 0.273. The van der Waals surface area contributed by atoms with E-state index in [2.05, 4.69) is 11.6 Å². The molecule has 0 aliphatic rings. The number of nitrogens with zero attached hydrogens (tertiary/aromatic N) is 1. The SMILES string of the molecule is C=C(Cl)c1oc(C(=O)O)cc1/N=C(/Cl)CCC. The molecule has 1 heterocycles. The molecule has 0 amide bonds. The molecule has 4 nitrogen and oxygen atoms in total. The fourth-order valence-electron chi connectivity index (χ4n) is 1.16. The van der Waals surface area contributed by atoms with Crippen molar-refractivity contribution < 1.29 is 14.3 Å². The smallest absolute Gasteiger partial charge is 0.371 e. The number of carbonyl (C=O) groups is 1. The van der Waals surface area contributed by atoms with Crippen LogP contribution in [0.1, 0.15) is 36.1 Å². The maximum Gasteiger partial charge on any atom is 0.371 e. The number of furan rings is 1. The Labute approximate surface area is 109 Å². The van der Waals surface area contributed by atoms with Crippen LogP contribution in [-0.4, -0.2) is 16.2 Å². The van der Waals surface area contributed by atoms with Gasteiger partial charge in [-0.05, 0) is 6.42 Å². The molecule has 0 saturated carbocycles. The highest BCUT2D eigenvalue weighted by Gasteiger charge is 2.17. The Morgan fingerprint density at radius 3 is 2.71 bits per heavy atom. The van der Waals surface area contributed by atoms with E-state index in [1.54, 1.807) is 0 Å². The van der Waals surface area contributed by atoms with E-state index in [1.807, 2.05) is 6.92 Å². The van der Waals surface area contributed by atoms with Crippen molar-refractivity contribution >= 4 is 45.1 Å². The number of aromatic carboxylic acids is 1. The molecule has 0 atom stereocenters. The second-order valence-electron chi connectivity index (χ2n) is 3.27. The Kier molecular flexibility index (Phi) is 4.78. The van der Waals surface area contributed by atoms with E-state index in [4.69, 9.17) is 32.7 Å². The average Bonchev–Trinajstić information content (AvgIpc) is 2.62. The lowest BCUT2D eigenvalue weighted by atomic mass is 10.3.